The summed E-state index contributed by atoms with van der Waals surface area (Å²) < 4.78 is 0. The minimum Gasteiger partial charge on any atom is -0.0654 e. The van der Waals surface area contributed by atoms with Crippen LogP contribution in [-0.4, -0.2) is 0 Å². The molecule has 0 saturated heterocycles. The van der Waals surface area contributed by atoms with E-state index in [1.54, 1.807) is 0 Å². The number of hydrogen-bond donors (Lipinski definition) is 0. The van der Waals surface area contributed by atoms with E-state index in [1.807, 2.05) is 0 Å². The first kappa shape index (κ1) is 36.4. The first-order valence-corrected chi connectivity index (χ1v) is 20.6. The van der Waals surface area contributed by atoms with Gasteiger partial charge in [0.05, 0.1) is 0 Å². The normalized spacial score (nSPS) is 11.9. The van der Waals surface area contributed by atoms with Gasteiger partial charge in [0.1, 0.15) is 0 Å². The van der Waals surface area contributed by atoms with Crippen LogP contribution in [0.4, 0.5) is 0 Å². The summed E-state index contributed by atoms with van der Waals surface area (Å²) in [6.07, 6.45) is 33.3. The van der Waals surface area contributed by atoms with Crippen LogP contribution in [0.25, 0.3) is 43.1 Å². The number of aryl methyl sites for hydroxylation is 2. The monoisotopic (exact) mass is 643 g/mol. The zero-order chi connectivity index (χ0) is 33.2. The van der Waals surface area contributed by atoms with Gasteiger partial charge in [0.25, 0.3) is 0 Å². The van der Waals surface area contributed by atoms with E-state index >= 15 is 0 Å². The van der Waals surface area contributed by atoms with Gasteiger partial charge in [0.2, 0.25) is 0 Å². The zero-order valence-electron chi connectivity index (χ0n) is 30.9. The Morgan fingerprint density at radius 1 is 0.271 bits per heavy atom. The Morgan fingerprint density at radius 3 is 0.896 bits per heavy atom. The van der Waals surface area contributed by atoms with Gasteiger partial charge in [-0.2, -0.15) is 0 Å². The maximum atomic E-state index is 2.45. The molecular formula is C48H66. The molecule has 0 atom stereocenters. The molecule has 0 nitrogen and oxygen atoms in total. The van der Waals surface area contributed by atoms with Gasteiger partial charge < -0.3 is 0 Å². The van der Waals surface area contributed by atoms with Crippen LogP contribution < -0.4 is 0 Å². The van der Waals surface area contributed by atoms with Crippen LogP contribution in [0.3, 0.4) is 0 Å². The molecule has 0 aromatic heterocycles. The van der Waals surface area contributed by atoms with E-state index in [2.05, 4.69) is 86.6 Å². The van der Waals surface area contributed by atoms with Crippen molar-refractivity contribution in [2.24, 2.45) is 0 Å². The molecule has 0 fully saturated rings. The van der Waals surface area contributed by atoms with E-state index < -0.39 is 0 Å². The Kier molecular flexibility index (Phi) is 15.6. The summed E-state index contributed by atoms with van der Waals surface area (Å²) in [6, 6.07) is 28.7. The Balaban J connectivity index is 1.11. The van der Waals surface area contributed by atoms with Crippen LogP contribution in [0.5, 0.6) is 0 Å². The molecule has 0 aliphatic rings. The highest BCUT2D eigenvalue weighted by Crippen LogP contribution is 2.35. The maximum absolute atomic E-state index is 2.45. The summed E-state index contributed by atoms with van der Waals surface area (Å²) in [4.78, 5) is 0. The number of rotatable bonds is 24. The van der Waals surface area contributed by atoms with Gasteiger partial charge in [-0.15, -0.1) is 0 Å². The molecule has 0 N–H and O–H groups in total. The second-order valence-corrected chi connectivity index (χ2v) is 15.1. The second kappa shape index (κ2) is 20.6. The number of benzene rings is 5. The highest BCUT2D eigenvalue weighted by molar-refractivity contribution is 6.22. The highest BCUT2D eigenvalue weighted by Gasteiger charge is 2.09. The lowest BCUT2D eigenvalue weighted by Gasteiger charge is -2.12. The molecule has 0 amide bonds. The number of unbranched alkanes of at least 4 members (excludes halogenated alkanes) is 20. The first-order valence-electron chi connectivity index (χ1n) is 20.6. The molecule has 5 aromatic carbocycles. The predicted molar refractivity (Wildman–Crippen MR) is 217 cm³/mol. The average Bonchev–Trinajstić information content (AvgIpc) is 3.12. The summed E-state index contributed by atoms with van der Waals surface area (Å²) in [7, 11) is 0. The lowest BCUT2D eigenvalue weighted by molar-refractivity contribution is 0.549. The molecule has 0 unspecified atom stereocenters. The lowest BCUT2D eigenvalue weighted by atomic mass is 9.92. The van der Waals surface area contributed by atoms with Crippen LogP contribution in [0.2, 0.25) is 0 Å². The Labute approximate surface area is 294 Å². The van der Waals surface area contributed by atoms with Crippen LogP contribution in [0.1, 0.15) is 166 Å². The first-order chi connectivity index (χ1) is 23.8. The predicted octanol–water partition coefficient (Wildman–Crippen LogP) is 16.0. The topological polar surface area (TPSA) is 0 Å². The van der Waals surface area contributed by atoms with E-state index in [0.29, 0.717) is 0 Å². The smallest absolute Gasteiger partial charge is 0.00987 e. The lowest BCUT2D eigenvalue weighted by Crippen LogP contribution is -1.89. The molecule has 5 aromatic rings. The molecule has 48 heavy (non-hydrogen) atoms. The fourth-order valence-corrected chi connectivity index (χ4v) is 8.10. The molecule has 5 rings (SSSR count). The van der Waals surface area contributed by atoms with Crippen molar-refractivity contribution < 1.29 is 0 Å². The third kappa shape index (κ3) is 10.8. The van der Waals surface area contributed by atoms with Gasteiger partial charge in [-0.25, -0.2) is 0 Å². The summed E-state index contributed by atoms with van der Waals surface area (Å²) in [5, 5.41) is 11.1. The highest BCUT2D eigenvalue weighted by atomic mass is 14.1. The van der Waals surface area contributed by atoms with Crippen molar-refractivity contribution in [2.75, 3.05) is 0 Å². The third-order valence-electron chi connectivity index (χ3n) is 11.1. The van der Waals surface area contributed by atoms with Crippen molar-refractivity contribution in [1.82, 2.24) is 0 Å². The molecule has 0 heterocycles. The van der Waals surface area contributed by atoms with Gasteiger partial charge in [0.15, 0.2) is 0 Å². The van der Waals surface area contributed by atoms with Crippen molar-refractivity contribution in [1.29, 1.82) is 0 Å². The van der Waals surface area contributed by atoms with Crippen LogP contribution in [-0.2, 0) is 12.8 Å². The van der Waals surface area contributed by atoms with Crippen molar-refractivity contribution in [2.45, 2.75) is 168 Å². The fraction of sp³-hybridized carbons (Fsp3) is 0.542. The molecule has 258 valence electrons. The molecule has 0 bridgehead atoms. The quantitative estimate of drug-likeness (QED) is 0.0464. The van der Waals surface area contributed by atoms with Gasteiger partial charge in [-0.1, -0.05) is 215 Å². The van der Waals surface area contributed by atoms with E-state index in [0.717, 1.165) is 0 Å². The van der Waals surface area contributed by atoms with Crippen LogP contribution >= 0.6 is 0 Å². The molecule has 0 aliphatic heterocycles. The van der Waals surface area contributed by atoms with Gasteiger partial charge in [-0.3, -0.25) is 0 Å². The molecule has 0 aliphatic carbocycles. The minimum absolute atomic E-state index is 1.20. The Hall–Kier alpha value is -2.86. The Bertz CT molecular complexity index is 1530. The summed E-state index contributed by atoms with van der Waals surface area (Å²) >= 11 is 0. The zero-order valence-corrected chi connectivity index (χ0v) is 30.9. The van der Waals surface area contributed by atoms with E-state index in [4.69, 9.17) is 0 Å². The number of hydrogen-bond acceptors (Lipinski definition) is 0. The van der Waals surface area contributed by atoms with E-state index in [1.165, 1.54) is 208 Å². The SMILES string of the molecule is CCCCCCCCCCCCCc1ccc2c(ccc3c2ccc2c4ccc(CCCCCCCCCCCCC)cc4ccc23)c1. The van der Waals surface area contributed by atoms with Gasteiger partial charge in [-0.05, 0) is 79.9 Å². The molecule has 0 heteroatoms. The average molecular weight is 643 g/mol. The van der Waals surface area contributed by atoms with Crippen molar-refractivity contribution >= 4 is 43.1 Å². The number of fused-ring (bicyclic) bond motifs is 7. The standard InChI is InChI=1S/C48H66/c1-3-5-7-9-11-13-15-17-19-21-23-25-39-27-31-43-41(37-39)29-33-47-45(43)35-36-46-44-32-28-40(38-42(44)30-34-48(46)47)26-24-22-20-18-16-14-12-10-8-6-4-2/h27-38H,3-26H2,1-2H3. The van der Waals surface area contributed by atoms with Crippen LogP contribution in [0, 0.1) is 0 Å². The van der Waals surface area contributed by atoms with Crippen molar-refractivity contribution in [3.8, 4) is 0 Å². The molecule has 0 saturated carbocycles. The molecular weight excluding hydrogens is 577 g/mol. The van der Waals surface area contributed by atoms with E-state index in [9.17, 15) is 0 Å². The minimum atomic E-state index is 1.20. The van der Waals surface area contributed by atoms with E-state index in [-0.39, 0.29) is 0 Å². The fourth-order valence-electron chi connectivity index (χ4n) is 8.10. The summed E-state index contributed by atoms with van der Waals surface area (Å²) in [6.45, 7) is 4.60. The van der Waals surface area contributed by atoms with Crippen LogP contribution in [0.15, 0.2) is 72.8 Å². The second-order valence-electron chi connectivity index (χ2n) is 15.1. The van der Waals surface area contributed by atoms with Crippen molar-refractivity contribution in [3.05, 3.63) is 83.9 Å². The summed E-state index contributed by atoms with van der Waals surface area (Å²) in [5.74, 6) is 0. The third-order valence-corrected chi connectivity index (χ3v) is 11.1. The maximum Gasteiger partial charge on any atom is -0.00987 e. The molecule has 0 radical (unpaired) electrons. The largest absolute Gasteiger partial charge is 0.0654 e. The van der Waals surface area contributed by atoms with Gasteiger partial charge in [0, 0.05) is 0 Å². The Morgan fingerprint density at radius 2 is 0.542 bits per heavy atom. The van der Waals surface area contributed by atoms with Gasteiger partial charge >= 0.3 is 0 Å². The van der Waals surface area contributed by atoms with Crippen molar-refractivity contribution in [3.63, 3.8) is 0 Å². The summed E-state index contributed by atoms with van der Waals surface area (Å²) in [5.41, 5.74) is 2.99. The molecule has 0 spiro atoms.